The van der Waals surface area contributed by atoms with Crippen LogP contribution in [0.25, 0.3) is 0 Å². The molecule has 0 bridgehead atoms. The summed E-state index contributed by atoms with van der Waals surface area (Å²) in [5, 5.41) is 14.5. The number of ether oxygens (including phenoxy) is 2. The number of hydrogen-bond acceptors (Lipinski definition) is 9. The van der Waals surface area contributed by atoms with Crippen molar-refractivity contribution in [2.24, 2.45) is 0 Å². The van der Waals surface area contributed by atoms with Crippen molar-refractivity contribution in [3.05, 3.63) is 64.5 Å². The van der Waals surface area contributed by atoms with Gasteiger partial charge in [0.1, 0.15) is 10.7 Å². The van der Waals surface area contributed by atoms with Gasteiger partial charge in [-0.3, -0.25) is 10.1 Å². The number of nitro groups is 1. The normalized spacial score (nSPS) is 10.8. The number of carbonyl (C=O) groups excluding carboxylic acids is 2. The first kappa shape index (κ1) is 19.9. The van der Waals surface area contributed by atoms with Crippen LogP contribution in [-0.2, 0) is 19.1 Å². The highest BCUT2D eigenvalue weighted by molar-refractivity contribution is 7.99. The Bertz CT molecular complexity index is 885. The molecular weight excluding hydrogens is 374 g/mol. The number of nitrogens with zero attached hydrogens (tertiary/aromatic N) is 2. The van der Waals surface area contributed by atoms with Gasteiger partial charge in [0.25, 0.3) is 5.69 Å². The van der Waals surface area contributed by atoms with E-state index in [-0.39, 0.29) is 17.1 Å². The average Bonchev–Trinajstić information content (AvgIpc) is 2.67. The smallest absolute Gasteiger partial charge is 0.354 e. The summed E-state index contributed by atoms with van der Waals surface area (Å²) in [5.74, 6) is -1.61. The molecule has 0 fully saturated rings. The lowest BCUT2D eigenvalue weighted by atomic mass is 10.2. The van der Waals surface area contributed by atoms with Gasteiger partial charge >= 0.3 is 11.9 Å². The fourth-order valence-corrected chi connectivity index (χ4v) is 2.80. The fraction of sp³-hybridized carbons (Fsp3) is 0.118. The van der Waals surface area contributed by atoms with E-state index in [1.54, 1.807) is 30.5 Å². The number of anilines is 1. The molecule has 27 heavy (non-hydrogen) atoms. The van der Waals surface area contributed by atoms with Gasteiger partial charge in [0.05, 0.1) is 25.2 Å². The molecule has 0 aliphatic rings. The summed E-state index contributed by atoms with van der Waals surface area (Å²) < 4.78 is 9.10. The van der Waals surface area contributed by atoms with Gasteiger partial charge in [-0.1, -0.05) is 17.8 Å². The number of non-ortho nitro benzene ring substituents is 1. The number of hydrogen-bond donors (Lipinski definition) is 1. The molecule has 1 aromatic heterocycles. The zero-order chi connectivity index (χ0) is 19.8. The zero-order valence-electron chi connectivity index (χ0n) is 14.4. The lowest BCUT2D eigenvalue weighted by Crippen LogP contribution is -2.15. The number of pyridine rings is 1. The van der Waals surface area contributed by atoms with Crippen LogP contribution in [0.2, 0.25) is 0 Å². The molecule has 0 unspecified atom stereocenters. The Kier molecular flexibility index (Phi) is 6.89. The minimum Gasteiger partial charge on any atom is -0.466 e. The molecule has 2 rings (SSSR count). The van der Waals surface area contributed by atoms with Crippen molar-refractivity contribution in [2.75, 3.05) is 19.5 Å². The Hall–Kier alpha value is -3.40. The molecule has 1 N–H and O–H groups in total. The largest absolute Gasteiger partial charge is 0.466 e. The molecular formula is C17H15N3O6S. The van der Waals surface area contributed by atoms with E-state index < -0.39 is 16.9 Å². The molecule has 10 heteroatoms. The number of methoxy groups -OCH3 is 2. The second-order valence-corrected chi connectivity index (χ2v) is 6.03. The number of aromatic nitrogens is 1. The third kappa shape index (κ3) is 5.82. The van der Waals surface area contributed by atoms with Crippen LogP contribution in [0, 0.1) is 10.1 Å². The summed E-state index contributed by atoms with van der Waals surface area (Å²) >= 11 is 1.21. The number of nitrogens with one attached hydrogen (secondary N) is 1. The van der Waals surface area contributed by atoms with Crippen molar-refractivity contribution in [2.45, 2.75) is 9.92 Å². The van der Waals surface area contributed by atoms with Gasteiger partial charge in [-0.25, -0.2) is 14.6 Å². The summed E-state index contributed by atoms with van der Waals surface area (Å²) in [7, 11) is 2.30. The molecule has 2 aromatic rings. The van der Waals surface area contributed by atoms with Crippen molar-refractivity contribution >= 4 is 35.1 Å². The van der Waals surface area contributed by atoms with E-state index in [1.165, 1.54) is 23.9 Å². The molecule has 0 spiro atoms. The summed E-state index contributed by atoms with van der Waals surface area (Å²) in [4.78, 5) is 38.7. The van der Waals surface area contributed by atoms with Crippen molar-refractivity contribution in [3.63, 3.8) is 0 Å². The minimum atomic E-state index is -0.828. The topological polar surface area (TPSA) is 121 Å². The highest BCUT2D eigenvalue weighted by Crippen LogP contribution is 2.32. The standard InChI is InChI=1S/C17H15N3O6S/c1-25-16(21)10-14(17(22)26-2)19-11-7-12(20(23)24)9-13(8-11)27-15-5-3-4-6-18-15/h3-10,19H,1-2H3/b14-10+. The van der Waals surface area contributed by atoms with Crippen molar-refractivity contribution < 1.29 is 24.0 Å². The van der Waals surface area contributed by atoms with Gasteiger partial charge in [0.2, 0.25) is 0 Å². The second kappa shape index (κ2) is 9.34. The van der Waals surface area contributed by atoms with Crippen LogP contribution in [0.4, 0.5) is 11.4 Å². The van der Waals surface area contributed by atoms with Crippen LogP contribution in [-0.4, -0.2) is 36.1 Å². The number of esters is 2. The summed E-state index contributed by atoms with van der Waals surface area (Å²) in [5.41, 5.74) is -0.192. The Morgan fingerprint density at radius 3 is 2.59 bits per heavy atom. The predicted octanol–water partition coefficient (Wildman–Crippen LogP) is 2.78. The molecule has 0 aliphatic heterocycles. The van der Waals surface area contributed by atoms with Gasteiger partial charge in [-0.05, 0) is 18.2 Å². The van der Waals surface area contributed by atoms with Gasteiger partial charge in [0, 0.05) is 28.9 Å². The fourth-order valence-electron chi connectivity index (χ4n) is 1.94. The van der Waals surface area contributed by atoms with Crippen LogP contribution in [0.5, 0.6) is 0 Å². The summed E-state index contributed by atoms with van der Waals surface area (Å²) in [6, 6.07) is 9.50. The van der Waals surface area contributed by atoms with Crippen molar-refractivity contribution in [3.8, 4) is 0 Å². The van der Waals surface area contributed by atoms with Crippen LogP contribution in [0.3, 0.4) is 0 Å². The Morgan fingerprint density at radius 1 is 1.22 bits per heavy atom. The predicted molar refractivity (Wildman–Crippen MR) is 97.2 cm³/mol. The summed E-state index contributed by atoms with van der Waals surface area (Å²) in [6.07, 6.45) is 2.50. The molecule has 0 saturated carbocycles. The molecule has 0 aliphatic carbocycles. The van der Waals surface area contributed by atoms with E-state index in [0.717, 1.165) is 20.3 Å². The third-order valence-corrected chi connectivity index (χ3v) is 4.03. The second-order valence-electron chi connectivity index (χ2n) is 4.94. The highest BCUT2D eigenvalue weighted by Gasteiger charge is 2.16. The van der Waals surface area contributed by atoms with Crippen LogP contribution >= 0.6 is 11.8 Å². The van der Waals surface area contributed by atoms with E-state index in [0.29, 0.717) is 9.92 Å². The monoisotopic (exact) mass is 389 g/mol. The number of nitro benzene ring substituents is 1. The Balaban J connectivity index is 2.39. The maximum atomic E-state index is 11.9. The highest BCUT2D eigenvalue weighted by atomic mass is 32.2. The van der Waals surface area contributed by atoms with E-state index in [2.05, 4.69) is 19.8 Å². The Morgan fingerprint density at radius 2 is 2.00 bits per heavy atom. The van der Waals surface area contributed by atoms with Gasteiger partial charge in [-0.2, -0.15) is 0 Å². The van der Waals surface area contributed by atoms with E-state index in [9.17, 15) is 19.7 Å². The molecule has 140 valence electrons. The minimum absolute atomic E-state index is 0.194. The molecule has 1 aromatic carbocycles. The van der Waals surface area contributed by atoms with Crippen molar-refractivity contribution in [1.82, 2.24) is 4.98 Å². The lowest BCUT2D eigenvalue weighted by Gasteiger charge is -2.10. The van der Waals surface area contributed by atoms with E-state index in [1.807, 2.05) is 0 Å². The van der Waals surface area contributed by atoms with E-state index in [4.69, 9.17) is 0 Å². The number of carbonyl (C=O) groups is 2. The molecule has 0 saturated heterocycles. The maximum absolute atomic E-state index is 11.9. The van der Waals surface area contributed by atoms with Crippen LogP contribution in [0.1, 0.15) is 0 Å². The SMILES string of the molecule is COC(=O)/C=C(/Nc1cc(Sc2ccccn2)cc([N+](=O)[O-])c1)C(=O)OC. The maximum Gasteiger partial charge on any atom is 0.354 e. The lowest BCUT2D eigenvalue weighted by molar-refractivity contribution is -0.385. The molecule has 1 heterocycles. The molecule has 9 nitrogen and oxygen atoms in total. The molecule has 0 amide bonds. The zero-order valence-corrected chi connectivity index (χ0v) is 15.2. The number of benzene rings is 1. The van der Waals surface area contributed by atoms with Gasteiger partial charge in [-0.15, -0.1) is 0 Å². The molecule has 0 radical (unpaired) electrons. The van der Waals surface area contributed by atoms with Gasteiger partial charge < -0.3 is 14.8 Å². The Labute approximate surface area is 158 Å². The number of rotatable bonds is 7. The first-order valence-electron chi connectivity index (χ1n) is 7.46. The third-order valence-electron chi connectivity index (χ3n) is 3.11. The van der Waals surface area contributed by atoms with E-state index >= 15 is 0 Å². The van der Waals surface area contributed by atoms with Crippen LogP contribution < -0.4 is 5.32 Å². The average molecular weight is 389 g/mol. The summed E-state index contributed by atoms with van der Waals surface area (Å²) in [6.45, 7) is 0. The molecule has 0 atom stereocenters. The van der Waals surface area contributed by atoms with Crippen molar-refractivity contribution in [1.29, 1.82) is 0 Å². The first-order chi connectivity index (χ1) is 12.9. The first-order valence-corrected chi connectivity index (χ1v) is 8.28. The van der Waals surface area contributed by atoms with Gasteiger partial charge in [0.15, 0.2) is 0 Å². The van der Waals surface area contributed by atoms with Crippen LogP contribution in [0.15, 0.2) is 64.3 Å². The quantitative estimate of drug-likeness (QED) is 0.330.